The zero-order chi connectivity index (χ0) is 9.07. The van der Waals surface area contributed by atoms with Crippen molar-refractivity contribution >= 4 is 17.5 Å². The normalized spacial score (nSPS) is 12.7. The van der Waals surface area contributed by atoms with Crippen LogP contribution < -0.4 is 11.5 Å². The number of rotatable bonds is 3. The van der Waals surface area contributed by atoms with Crippen LogP contribution in [0.3, 0.4) is 0 Å². The Hall–Kier alpha value is -0.540. The van der Waals surface area contributed by atoms with Crippen LogP contribution in [0.2, 0.25) is 0 Å². The van der Waals surface area contributed by atoms with Gasteiger partial charge >= 0.3 is 0 Å². The van der Waals surface area contributed by atoms with E-state index >= 15 is 0 Å². The number of hydrogen-bond donors (Lipinski definition) is 2. The summed E-state index contributed by atoms with van der Waals surface area (Å²) in [5.41, 5.74) is 0. The molecule has 0 fully saturated rings. The third kappa shape index (κ3) is 5.16. The Balaban J connectivity index is 0. The highest BCUT2D eigenvalue weighted by Gasteiger charge is 2.23. The third-order valence-corrected chi connectivity index (χ3v) is 1.90. The molecule has 0 aromatic rings. The molecule has 0 aromatic carbocycles. The summed E-state index contributed by atoms with van der Waals surface area (Å²) in [6, 6.07) is -0.0605. The van der Waals surface area contributed by atoms with Crippen LogP contribution in [-0.4, -0.2) is 16.8 Å². The highest BCUT2D eigenvalue weighted by atomic mass is 35.5. The highest BCUT2D eigenvalue weighted by molar-refractivity contribution is 6.24. The molecule has 3 nitrogen and oxygen atoms in total. The average molecular weight is 193 g/mol. The predicted octanol–water partition coefficient (Wildman–Crippen LogP) is 1.86. The zero-order valence-corrected chi connectivity index (χ0v) is 8.61. The molecule has 0 spiro atoms. The van der Waals surface area contributed by atoms with Crippen LogP contribution in [0.25, 0.3) is 0 Å². The Morgan fingerprint density at radius 3 is 2.33 bits per heavy atom. The SMILES string of the molecule is C=CC(=O)NC(C)C(C)(C)Cl.N. The van der Waals surface area contributed by atoms with E-state index in [1.165, 1.54) is 6.08 Å². The van der Waals surface area contributed by atoms with Crippen molar-refractivity contribution in [3.63, 3.8) is 0 Å². The van der Waals surface area contributed by atoms with E-state index in [0.29, 0.717) is 0 Å². The van der Waals surface area contributed by atoms with Crippen LogP contribution in [0, 0.1) is 0 Å². The smallest absolute Gasteiger partial charge is 0.243 e. The van der Waals surface area contributed by atoms with Gasteiger partial charge in [0.2, 0.25) is 5.91 Å². The fourth-order valence-corrected chi connectivity index (χ4v) is 0.498. The maximum absolute atomic E-state index is 10.8. The van der Waals surface area contributed by atoms with E-state index in [1.54, 1.807) is 0 Å². The Kier molecular flexibility index (Phi) is 6.03. The number of alkyl halides is 1. The average Bonchev–Trinajstić information content (AvgIpc) is 1.85. The first-order valence-corrected chi connectivity index (χ1v) is 3.87. The van der Waals surface area contributed by atoms with Crippen LogP contribution in [0.5, 0.6) is 0 Å². The molecule has 1 amide bonds. The summed E-state index contributed by atoms with van der Waals surface area (Å²) in [5.74, 6) is -0.189. The Morgan fingerprint density at radius 2 is 2.08 bits per heavy atom. The van der Waals surface area contributed by atoms with E-state index in [4.69, 9.17) is 11.6 Å². The lowest BCUT2D eigenvalue weighted by atomic mass is 10.1. The lowest BCUT2D eigenvalue weighted by Gasteiger charge is -2.24. The molecule has 1 atom stereocenters. The van der Waals surface area contributed by atoms with Gasteiger partial charge in [-0.25, -0.2) is 0 Å². The maximum Gasteiger partial charge on any atom is 0.243 e. The predicted molar refractivity (Wildman–Crippen MR) is 52.8 cm³/mol. The van der Waals surface area contributed by atoms with E-state index < -0.39 is 4.87 Å². The van der Waals surface area contributed by atoms with Crippen molar-refractivity contribution in [1.29, 1.82) is 0 Å². The largest absolute Gasteiger partial charge is 0.348 e. The first-order chi connectivity index (χ1) is 4.88. The quantitative estimate of drug-likeness (QED) is 0.530. The molecule has 4 heteroatoms. The second kappa shape index (κ2) is 5.17. The standard InChI is InChI=1S/C8H14ClNO.H3N/c1-5-7(11)10-6(2)8(3,4)9;/h5-6H,1H2,2-4H3,(H,10,11);1H3. The topological polar surface area (TPSA) is 64.1 Å². The molecular weight excluding hydrogens is 176 g/mol. The van der Waals surface area contributed by atoms with Crippen molar-refractivity contribution in [2.75, 3.05) is 0 Å². The van der Waals surface area contributed by atoms with Crippen molar-refractivity contribution in [1.82, 2.24) is 11.5 Å². The molecule has 12 heavy (non-hydrogen) atoms. The van der Waals surface area contributed by atoms with Gasteiger partial charge in [-0.2, -0.15) is 0 Å². The minimum atomic E-state index is -0.418. The van der Waals surface area contributed by atoms with Crippen molar-refractivity contribution in [3.8, 4) is 0 Å². The fourth-order valence-electron chi connectivity index (χ4n) is 0.444. The molecule has 0 aliphatic heterocycles. The van der Waals surface area contributed by atoms with Crippen LogP contribution in [0.1, 0.15) is 20.8 Å². The van der Waals surface area contributed by atoms with Gasteiger partial charge in [-0.3, -0.25) is 4.79 Å². The van der Waals surface area contributed by atoms with Gasteiger partial charge in [0, 0.05) is 6.04 Å². The number of amides is 1. The fraction of sp³-hybridized carbons (Fsp3) is 0.625. The molecule has 0 bridgehead atoms. The maximum atomic E-state index is 10.8. The summed E-state index contributed by atoms with van der Waals surface area (Å²) >= 11 is 5.94. The highest BCUT2D eigenvalue weighted by Crippen LogP contribution is 2.17. The molecule has 0 aliphatic carbocycles. The van der Waals surface area contributed by atoms with Crippen molar-refractivity contribution in [2.45, 2.75) is 31.7 Å². The zero-order valence-electron chi connectivity index (χ0n) is 7.86. The van der Waals surface area contributed by atoms with Crippen LogP contribution in [-0.2, 0) is 4.79 Å². The van der Waals surface area contributed by atoms with E-state index in [-0.39, 0.29) is 18.1 Å². The van der Waals surface area contributed by atoms with Crippen LogP contribution >= 0.6 is 11.6 Å². The molecule has 72 valence electrons. The number of halogens is 1. The summed E-state index contributed by atoms with van der Waals surface area (Å²) in [6.07, 6.45) is 1.24. The monoisotopic (exact) mass is 192 g/mol. The van der Waals surface area contributed by atoms with Crippen molar-refractivity contribution < 1.29 is 4.79 Å². The molecule has 1 unspecified atom stereocenters. The van der Waals surface area contributed by atoms with Gasteiger partial charge in [-0.15, -0.1) is 11.6 Å². The lowest BCUT2D eigenvalue weighted by Crippen LogP contribution is -2.43. The molecule has 0 heterocycles. The van der Waals surface area contributed by atoms with Gasteiger partial charge in [0.15, 0.2) is 0 Å². The summed E-state index contributed by atoms with van der Waals surface area (Å²) in [6.45, 7) is 8.90. The van der Waals surface area contributed by atoms with Crippen LogP contribution in [0.4, 0.5) is 0 Å². The molecule has 0 aliphatic rings. The van der Waals surface area contributed by atoms with Gasteiger partial charge in [0.05, 0.1) is 4.87 Å². The van der Waals surface area contributed by atoms with E-state index in [2.05, 4.69) is 11.9 Å². The second-order valence-corrected chi connectivity index (χ2v) is 3.97. The molecule has 0 saturated carbocycles. The Morgan fingerprint density at radius 1 is 1.67 bits per heavy atom. The first kappa shape index (κ1) is 14.0. The molecule has 0 rings (SSSR count). The van der Waals surface area contributed by atoms with Crippen molar-refractivity contribution in [2.24, 2.45) is 0 Å². The second-order valence-electron chi connectivity index (χ2n) is 3.00. The molecule has 4 N–H and O–H groups in total. The number of carbonyl (C=O) groups is 1. The van der Waals surface area contributed by atoms with Crippen LogP contribution in [0.15, 0.2) is 12.7 Å². The van der Waals surface area contributed by atoms with Gasteiger partial charge in [-0.1, -0.05) is 6.58 Å². The molecule has 0 aromatic heterocycles. The Bertz CT molecular complexity index is 163. The van der Waals surface area contributed by atoms with Crippen molar-refractivity contribution in [3.05, 3.63) is 12.7 Å². The summed E-state index contributed by atoms with van der Waals surface area (Å²) < 4.78 is 0. The van der Waals surface area contributed by atoms with Gasteiger partial charge in [-0.05, 0) is 26.8 Å². The first-order valence-electron chi connectivity index (χ1n) is 3.49. The molecule has 0 saturated heterocycles. The lowest BCUT2D eigenvalue weighted by molar-refractivity contribution is -0.117. The summed E-state index contributed by atoms with van der Waals surface area (Å²) in [4.78, 5) is 10.4. The van der Waals surface area contributed by atoms with E-state index in [0.717, 1.165) is 0 Å². The third-order valence-electron chi connectivity index (χ3n) is 1.57. The van der Waals surface area contributed by atoms with Gasteiger partial charge in [0.25, 0.3) is 0 Å². The number of nitrogens with one attached hydrogen (secondary N) is 1. The van der Waals surface area contributed by atoms with Gasteiger partial charge < -0.3 is 11.5 Å². The Labute approximate surface area is 78.8 Å². The van der Waals surface area contributed by atoms with Gasteiger partial charge in [0.1, 0.15) is 0 Å². The number of hydrogen-bond acceptors (Lipinski definition) is 2. The minimum Gasteiger partial charge on any atom is -0.348 e. The number of carbonyl (C=O) groups excluding carboxylic acids is 1. The molecular formula is C8H17ClN2O. The van der Waals surface area contributed by atoms with E-state index in [9.17, 15) is 4.79 Å². The minimum absolute atomic E-state index is 0. The molecule has 0 radical (unpaired) electrons. The summed E-state index contributed by atoms with van der Waals surface area (Å²) in [5, 5.41) is 2.68. The van der Waals surface area contributed by atoms with E-state index in [1.807, 2.05) is 20.8 Å². The summed E-state index contributed by atoms with van der Waals surface area (Å²) in [7, 11) is 0.